The van der Waals surface area contributed by atoms with E-state index in [0.29, 0.717) is 12.6 Å². The Bertz CT molecular complexity index is 444. The van der Waals surface area contributed by atoms with Crippen LogP contribution in [0.5, 0.6) is 0 Å². The Labute approximate surface area is 119 Å². The van der Waals surface area contributed by atoms with E-state index in [1.54, 1.807) is 11.3 Å². The molecular formula is C15H22N2OS. The van der Waals surface area contributed by atoms with Gasteiger partial charge >= 0.3 is 0 Å². The van der Waals surface area contributed by atoms with Gasteiger partial charge < -0.3 is 10.5 Å². The zero-order valence-corrected chi connectivity index (χ0v) is 12.3. The number of thiophene rings is 1. The van der Waals surface area contributed by atoms with Gasteiger partial charge in [0.2, 0.25) is 0 Å². The van der Waals surface area contributed by atoms with Gasteiger partial charge in [0, 0.05) is 30.1 Å². The summed E-state index contributed by atoms with van der Waals surface area (Å²) in [6, 6.07) is 2.09. The minimum Gasteiger partial charge on any atom is -0.377 e. The van der Waals surface area contributed by atoms with Gasteiger partial charge in [0.05, 0.1) is 12.6 Å². The fourth-order valence-corrected chi connectivity index (χ4v) is 3.32. The first-order chi connectivity index (χ1) is 9.33. The van der Waals surface area contributed by atoms with Crippen molar-refractivity contribution in [3.05, 3.63) is 21.9 Å². The molecule has 0 spiro atoms. The Morgan fingerprint density at radius 3 is 3.26 bits per heavy atom. The van der Waals surface area contributed by atoms with E-state index in [9.17, 15) is 0 Å². The van der Waals surface area contributed by atoms with Crippen molar-refractivity contribution in [1.82, 2.24) is 4.90 Å². The molecule has 1 fully saturated rings. The number of likely N-dealkylation sites (tertiary alicyclic amines) is 1. The van der Waals surface area contributed by atoms with Crippen molar-refractivity contribution in [3.63, 3.8) is 0 Å². The molecule has 1 atom stereocenters. The minimum atomic E-state index is 0.400. The van der Waals surface area contributed by atoms with E-state index in [2.05, 4.69) is 35.1 Å². The smallest absolute Gasteiger partial charge is 0.0702 e. The zero-order chi connectivity index (χ0) is 13.5. The number of piperidine rings is 1. The molecule has 1 saturated heterocycles. The van der Waals surface area contributed by atoms with Gasteiger partial charge in [-0.1, -0.05) is 11.8 Å². The highest BCUT2D eigenvalue weighted by molar-refractivity contribution is 7.10. The van der Waals surface area contributed by atoms with E-state index in [-0.39, 0.29) is 0 Å². The molecule has 0 saturated carbocycles. The first-order valence-corrected chi connectivity index (χ1v) is 7.80. The lowest BCUT2D eigenvalue weighted by atomic mass is 10.1. The maximum Gasteiger partial charge on any atom is 0.0702 e. The Balaban J connectivity index is 1.95. The van der Waals surface area contributed by atoms with E-state index < -0.39 is 0 Å². The summed E-state index contributed by atoms with van der Waals surface area (Å²) >= 11 is 1.78. The van der Waals surface area contributed by atoms with Crippen LogP contribution in [-0.2, 0) is 11.3 Å². The maximum absolute atomic E-state index is 5.74. The highest BCUT2D eigenvalue weighted by Gasteiger charge is 2.20. The van der Waals surface area contributed by atoms with Gasteiger partial charge in [-0.3, -0.25) is 4.90 Å². The van der Waals surface area contributed by atoms with Gasteiger partial charge in [-0.25, -0.2) is 0 Å². The molecule has 1 aromatic rings. The number of rotatable bonds is 4. The SMILES string of the molecule is CCOC1CCCN(Cc2sccc2C#CCN)C1. The standard InChI is InChI=1S/C15H22N2OS/c1-2-18-14-6-4-9-17(11-14)12-15-13(5-3-8-16)7-10-19-15/h7,10,14H,2,4,6,8-9,11-12,16H2,1H3. The van der Waals surface area contributed by atoms with Crippen LogP contribution < -0.4 is 5.73 Å². The summed E-state index contributed by atoms with van der Waals surface area (Å²) in [5.41, 5.74) is 6.57. The summed E-state index contributed by atoms with van der Waals surface area (Å²) in [6.07, 6.45) is 2.81. The third-order valence-electron chi connectivity index (χ3n) is 3.30. The number of nitrogens with two attached hydrogens (primary N) is 1. The van der Waals surface area contributed by atoms with E-state index in [1.807, 2.05) is 0 Å². The van der Waals surface area contributed by atoms with Crippen molar-refractivity contribution in [2.75, 3.05) is 26.2 Å². The second-order valence-corrected chi connectivity index (χ2v) is 5.72. The van der Waals surface area contributed by atoms with Crippen LogP contribution in [0.3, 0.4) is 0 Å². The van der Waals surface area contributed by atoms with Gasteiger partial charge in [-0.05, 0) is 37.8 Å². The van der Waals surface area contributed by atoms with Crippen LogP contribution >= 0.6 is 11.3 Å². The molecule has 104 valence electrons. The van der Waals surface area contributed by atoms with Gasteiger partial charge in [-0.2, -0.15) is 0 Å². The molecule has 0 radical (unpaired) electrons. The lowest BCUT2D eigenvalue weighted by Crippen LogP contribution is -2.39. The average Bonchev–Trinajstić information content (AvgIpc) is 2.84. The van der Waals surface area contributed by atoms with E-state index in [0.717, 1.165) is 31.8 Å². The summed E-state index contributed by atoms with van der Waals surface area (Å²) < 4.78 is 5.74. The first kappa shape index (κ1) is 14.5. The van der Waals surface area contributed by atoms with Crippen LogP contribution in [0.25, 0.3) is 0 Å². The molecule has 0 bridgehead atoms. The molecule has 4 heteroatoms. The van der Waals surface area contributed by atoms with E-state index in [4.69, 9.17) is 10.5 Å². The molecule has 1 unspecified atom stereocenters. The van der Waals surface area contributed by atoms with Crippen LogP contribution in [0.1, 0.15) is 30.2 Å². The molecule has 0 aliphatic carbocycles. The number of nitrogens with zero attached hydrogens (tertiary/aromatic N) is 1. The second-order valence-electron chi connectivity index (χ2n) is 4.72. The number of ether oxygens (including phenoxy) is 1. The van der Waals surface area contributed by atoms with Crippen molar-refractivity contribution in [2.24, 2.45) is 5.73 Å². The van der Waals surface area contributed by atoms with Crippen LogP contribution in [0, 0.1) is 11.8 Å². The largest absolute Gasteiger partial charge is 0.377 e. The fraction of sp³-hybridized carbons (Fsp3) is 0.600. The predicted octanol–water partition coefficient (Wildman–Crippen LogP) is 2.06. The molecule has 0 amide bonds. The topological polar surface area (TPSA) is 38.5 Å². The highest BCUT2D eigenvalue weighted by atomic mass is 32.1. The van der Waals surface area contributed by atoms with Crippen LogP contribution in [0.15, 0.2) is 11.4 Å². The lowest BCUT2D eigenvalue weighted by molar-refractivity contribution is 0.00388. The summed E-state index contributed by atoms with van der Waals surface area (Å²) in [5.74, 6) is 6.09. The van der Waals surface area contributed by atoms with Gasteiger partial charge in [0.15, 0.2) is 0 Å². The molecule has 1 aliphatic rings. The molecule has 19 heavy (non-hydrogen) atoms. The summed E-state index contributed by atoms with van der Waals surface area (Å²) in [5, 5.41) is 2.11. The van der Waals surface area contributed by atoms with Crippen molar-refractivity contribution in [3.8, 4) is 11.8 Å². The molecule has 1 aliphatic heterocycles. The Morgan fingerprint density at radius 1 is 1.58 bits per heavy atom. The highest BCUT2D eigenvalue weighted by Crippen LogP contribution is 2.21. The number of hydrogen-bond donors (Lipinski definition) is 1. The second kappa shape index (κ2) is 7.66. The van der Waals surface area contributed by atoms with Crippen LogP contribution in [-0.4, -0.2) is 37.2 Å². The van der Waals surface area contributed by atoms with Crippen LogP contribution in [0.4, 0.5) is 0 Å². The Morgan fingerprint density at radius 2 is 2.47 bits per heavy atom. The molecular weight excluding hydrogens is 256 g/mol. The maximum atomic E-state index is 5.74. The quantitative estimate of drug-likeness (QED) is 0.857. The van der Waals surface area contributed by atoms with E-state index >= 15 is 0 Å². The zero-order valence-electron chi connectivity index (χ0n) is 11.5. The first-order valence-electron chi connectivity index (χ1n) is 6.92. The third kappa shape index (κ3) is 4.32. The van der Waals surface area contributed by atoms with Crippen molar-refractivity contribution < 1.29 is 4.74 Å². The van der Waals surface area contributed by atoms with Crippen molar-refractivity contribution in [1.29, 1.82) is 0 Å². The van der Waals surface area contributed by atoms with Gasteiger partial charge in [-0.15, -0.1) is 11.3 Å². The minimum absolute atomic E-state index is 0.400. The molecule has 2 N–H and O–H groups in total. The van der Waals surface area contributed by atoms with Gasteiger partial charge in [0.1, 0.15) is 0 Å². The monoisotopic (exact) mass is 278 g/mol. The Hall–Kier alpha value is -0.860. The van der Waals surface area contributed by atoms with Crippen molar-refractivity contribution in [2.45, 2.75) is 32.4 Å². The molecule has 1 aromatic heterocycles. The third-order valence-corrected chi connectivity index (χ3v) is 4.21. The lowest BCUT2D eigenvalue weighted by Gasteiger charge is -2.32. The Kier molecular flexibility index (Phi) is 5.87. The molecule has 3 nitrogen and oxygen atoms in total. The van der Waals surface area contributed by atoms with E-state index in [1.165, 1.54) is 17.7 Å². The summed E-state index contributed by atoms with van der Waals surface area (Å²) in [7, 11) is 0. The van der Waals surface area contributed by atoms with Crippen molar-refractivity contribution >= 4 is 11.3 Å². The number of hydrogen-bond acceptors (Lipinski definition) is 4. The molecule has 2 heterocycles. The predicted molar refractivity (Wildman–Crippen MR) is 80.2 cm³/mol. The average molecular weight is 278 g/mol. The summed E-state index contributed by atoms with van der Waals surface area (Å²) in [4.78, 5) is 3.82. The molecule has 0 aromatic carbocycles. The normalized spacial score (nSPS) is 20.0. The van der Waals surface area contributed by atoms with Crippen LogP contribution in [0.2, 0.25) is 0 Å². The van der Waals surface area contributed by atoms with Gasteiger partial charge in [0.25, 0.3) is 0 Å². The summed E-state index contributed by atoms with van der Waals surface area (Å²) in [6.45, 7) is 6.48. The molecule has 2 rings (SSSR count). The fourth-order valence-electron chi connectivity index (χ4n) is 2.45.